The minimum absolute atomic E-state index is 0.358. The van der Waals surface area contributed by atoms with Gasteiger partial charge in [0.2, 0.25) is 0 Å². The summed E-state index contributed by atoms with van der Waals surface area (Å²) in [4.78, 5) is 6.64. The minimum Gasteiger partial charge on any atom is -0.385 e. The van der Waals surface area contributed by atoms with E-state index in [4.69, 9.17) is 0 Å². The first kappa shape index (κ1) is 8.00. The molecular weight excluding hydrogens is 176 g/mol. The van der Waals surface area contributed by atoms with Crippen molar-refractivity contribution in [2.24, 2.45) is 4.99 Å². The molecule has 0 bridgehead atoms. The summed E-state index contributed by atoms with van der Waals surface area (Å²) < 4.78 is 0. The van der Waals surface area contributed by atoms with Crippen molar-refractivity contribution < 1.29 is 5.11 Å². The van der Waals surface area contributed by atoms with E-state index in [-0.39, 0.29) is 6.10 Å². The van der Waals surface area contributed by atoms with Gasteiger partial charge >= 0.3 is 0 Å². The summed E-state index contributed by atoms with van der Waals surface area (Å²) >= 11 is 0. The standard InChI is InChI=1S/C11H12N2O/c14-10-5-6-13-7-8-3-1-2-4-9(8)12-11(10)13/h1-4,10,14H,5-7H2/t10-/m0/s1. The Hall–Kier alpha value is -1.35. The summed E-state index contributed by atoms with van der Waals surface area (Å²) in [6.07, 6.45) is 0.454. The van der Waals surface area contributed by atoms with Gasteiger partial charge in [-0.25, -0.2) is 4.99 Å². The lowest BCUT2D eigenvalue weighted by atomic mass is 10.1. The van der Waals surface area contributed by atoms with E-state index < -0.39 is 0 Å². The Morgan fingerprint density at radius 3 is 3.14 bits per heavy atom. The predicted molar refractivity (Wildman–Crippen MR) is 54.6 cm³/mol. The van der Waals surface area contributed by atoms with Crippen LogP contribution >= 0.6 is 0 Å². The van der Waals surface area contributed by atoms with Gasteiger partial charge in [0.05, 0.1) is 5.69 Å². The Morgan fingerprint density at radius 2 is 2.21 bits per heavy atom. The molecule has 0 unspecified atom stereocenters. The summed E-state index contributed by atoms with van der Waals surface area (Å²) in [5.74, 6) is 0.851. The quantitative estimate of drug-likeness (QED) is 0.666. The first-order valence-corrected chi connectivity index (χ1v) is 4.94. The highest BCUT2D eigenvalue weighted by Crippen LogP contribution is 2.29. The van der Waals surface area contributed by atoms with Gasteiger partial charge in [0.15, 0.2) is 0 Å². The fourth-order valence-electron chi connectivity index (χ4n) is 2.12. The number of aliphatic imine (C=N–C) groups is 1. The second kappa shape index (κ2) is 2.82. The van der Waals surface area contributed by atoms with Gasteiger partial charge < -0.3 is 10.0 Å². The molecule has 3 nitrogen and oxygen atoms in total. The zero-order valence-electron chi connectivity index (χ0n) is 7.85. The monoisotopic (exact) mass is 188 g/mol. The van der Waals surface area contributed by atoms with Crippen LogP contribution in [-0.2, 0) is 6.54 Å². The topological polar surface area (TPSA) is 35.8 Å². The number of para-hydroxylation sites is 1. The number of aliphatic hydroxyl groups excluding tert-OH is 1. The van der Waals surface area contributed by atoms with Crippen LogP contribution in [0.2, 0.25) is 0 Å². The molecule has 1 saturated heterocycles. The molecule has 0 aliphatic carbocycles. The van der Waals surface area contributed by atoms with Crippen molar-refractivity contribution in [2.75, 3.05) is 6.54 Å². The number of nitrogens with zero attached hydrogens (tertiary/aromatic N) is 2. The average Bonchev–Trinajstić information content (AvgIpc) is 2.57. The highest BCUT2D eigenvalue weighted by Gasteiger charge is 2.30. The molecular formula is C11H12N2O. The Bertz CT molecular complexity index is 400. The van der Waals surface area contributed by atoms with Gasteiger partial charge in [-0.2, -0.15) is 0 Å². The summed E-state index contributed by atoms with van der Waals surface area (Å²) in [5, 5.41) is 9.68. The van der Waals surface area contributed by atoms with Gasteiger partial charge in [-0.05, 0) is 18.1 Å². The predicted octanol–water partition coefficient (Wildman–Crippen LogP) is 1.30. The largest absolute Gasteiger partial charge is 0.385 e. The van der Waals surface area contributed by atoms with Crippen LogP contribution in [0.5, 0.6) is 0 Å². The molecule has 1 N–H and O–H groups in total. The maximum Gasteiger partial charge on any atom is 0.134 e. The van der Waals surface area contributed by atoms with Gasteiger partial charge in [0, 0.05) is 13.1 Å². The van der Waals surface area contributed by atoms with Crippen molar-refractivity contribution in [3.63, 3.8) is 0 Å². The van der Waals surface area contributed by atoms with E-state index in [2.05, 4.69) is 16.0 Å². The van der Waals surface area contributed by atoms with Crippen molar-refractivity contribution in [1.29, 1.82) is 0 Å². The third-order valence-electron chi connectivity index (χ3n) is 2.88. The van der Waals surface area contributed by atoms with Crippen LogP contribution in [0.25, 0.3) is 0 Å². The van der Waals surface area contributed by atoms with Crippen LogP contribution in [-0.4, -0.2) is 28.5 Å². The summed E-state index contributed by atoms with van der Waals surface area (Å²) in [5.41, 5.74) is 2.27. The third kappa shape index (κ3) is 1.06. The highest BCUT2D eigenvalue weighted by atomic mass is 16.3. The molecule has 0 saturated carbocycles. The average molecular weight is 188 g/mol. The molecule has 0 amide bonds. The van der Waals surface area contributed by atoms with Crippen LogP contribution < -0.4 is 0 Å². The number of rotatable bonds is 0. The lowest BCUT2D eigenvalue weighted by Gasteiger charge is -2.25. The van der Waals surface area contributed by atoms with E-state index in [0.717, 1.165) is 31.0 Å². The van der Waals surface area contributed by atoms with Gasteiger partial charge in [-0.15, -0.1) is 0 Å². The van der Waals surface area contributed by atoms with Crippen molar-refractivity contribution in [1.82, 2.24) is 4.90 Å². The highest BCUT2D eigenvalue weighted by molar-refractivity contribution is 5.92. The molecule has 2 aliphatic rings. The maximum absolute atomic E-state index is 9.68. The third-order valence-corrected chi connectivity index (χ3v) is 2.88. The Kier molecular flexibility index (Phi) is 1.61. The van der Waals surface area contributed by atoms with E-state index in [9.17, 15) is 5.11 Å². The first-order valence-electron chi connectivity index (χ1n) is 4.94. The van der Waals surface area contributed by atoms with Crippen molar-refractivity contribution in [3.05, 3.63) is 29.8 Å². The number of benzene rings is 1. The lowest BCUT2D eigenvalue weighted by Crippen LogP contribution is -2.31. The smallest absolute Gasteiger partial charge is 0.134 e. The maximum atomic E-state index is 9.68. The molecule has 0 radical (unpaired) electrons. The zero-order chi connectivity index (χ0) is 9.54. The van der Waals surface area contributed by atoms with Gasteiger partial charge in [0.25, 0.3) is 0 Å². The number of fused-ring (bicyclic) bond motifs is 2. The Balaban J connectivity index is 2.09. The molecule has 0 aromatic heterocycles. The van der Waals surface area contributed by atoms with Crippen LogP contribution in [0.4, 0.5) is 5.69 Å². The van der Waals surface area contributed by atoms with Gasteiger partial charge in [-0.3, -0.25) is 0 Å². The zero-order valence-corrected chi connectivity index (χ0v) is 7.85. The fourth-order valence-corrected chi connectivity index (χ4v) is 2.12. The van der Waals surface area contributed by atoms with Crippen LogP contribution in [0.3, 0.4) is 0 Å². The second-order valence-electron chi connectivity index (χ2n) is 3.82. The summed E-state index contributed by atoms with van der Waals surface area (Å²) in [7, 11) is 0. The van der Waals surface area contributed by atoms with E-state index in [0.29, 0.717) is 0 Å². The number of hydrogen-bond acceptors (Lipinski definition) is 3. The van der Waals surface area contributed by atoms with E-state index >= 15 is 0 Å². The minimum atomic E-state index is -0.358. The lowest BCUT2D eigenvalue weighted by molar-refractivity contribution is 0.245. The first-order chi connectivity index (χ1) is 6.84. The van der Waals surface area contributed by atoms with Crippen molar-refractivity contribution >= 4 is 11.5 Å². The molecule has 14 heavy (non-hydrogen) atoms. The molecule has 0 spiro atoms. The molecule has 2 heterocycles. The molecule has 1 aromatic rings. The Labute approximate surface area is 82.7 Å². The molecule has 72 valence electrons. The van der Waals surface area contributed by atoms with E-state index in [1.807, 2.05) is 18.2 Å². The van der Waals surface area contributed by atoms with Crippen LogP contribution in [0.1, 0.15) is 12.0 Å². The number of aliphatic hydroxyl groups is 1. The fraction of sp³-hybridized carbons (Fsp3) is 0.364. The van der Waals surface area contributed by atoms with Crippen LogP contribution in [0, 0.1) is 0 Å². The molecule has 2 aliphatic heterocycles. The van der Waals surface area contributed by atoms with Gasteiger partial charge in [-0.1, -0.05) is 18.2 Å². The normalized spacial score (nSPS) is 24.2. The molecule has 1 aromatic carbocycles. The van der Waals surface area contributed by atoms with E-state index in [1.54, 1.807) is 0 Å². The summed E-state index contributed by atoms with van der Waals surface area (Å²) in [6, 6.07) is 8.12. The van der Waals surface area contributed by atoms with Gasteiger partial charge in [0.1, 0.15) is 11.9 Å². The molecule has 3 heteroatoms. The van der Waals surface area contributed by atoms with Crippen molar-refractivity contribution in [2.45, 2.75) is 19.1 Å². The summed E-state index contributed by atoms with van der Waals surface area (Å²) in [6.45, 7) is 1.82. The van der Waals surface area contributed by atoms with Crippen molar-refractivity contribution in [3.8, 4) is 0 Å². The van der Waals surface area contributed by atoms with E-state index in [1.165, 1.54) is 5.56 Å². The Morgan fingerprint density at radius 1 is 1.36 bits per heavy atom. The van der Waals surface area contributed by atoms with Crippen LogP contribution in [0.15, 0.2) is 29.3 Å². The number of amidine groups is 1. The molecule has 3 rings (SSSR count). The SMILES string of the molecule is O[C@H]1CCN2Cc3ccccc3N=C12. The second-order valence-corrected chi connectivity index (χ2v) is 3.82. The molecule has 1 fully saturated rings. The molecule has 1 atom stereocenters. The number of hydrogen-bond donors (Lipinski definition) is 1.